The van der Waals surface area contributed by atoms with Crippen molar-refractivity contribution < 1.29 is 4.79 Å². The number of piperazine rings is 1. The Morgan fingerprint density at radius 2 is 1.68 bits per heavy atom. The predicted octanol–water partition coefficient (Wildman–Crippen LogP) is 3.46. The first-order valence-corrected chi connectivity index (χ1v) is 9.14. The standard InChI is InChI=1S/C20H22ClN3O/c21-19-9-5-4-8-17(19)13-22-10-11-24-18(14-22)15-23(20(24)25)12-16-6-2-1-3-7-16/h1-9,18H,10-15H2. The van der Waals surface area contributed by atoms with Gasteiger partial charge in [0.1, 0.15) is 0 Å². The van der Waals surface area contributed by atoms with E-state index in [-0.39, 0.29) is 12.1 Å². The van der Waals surface area contributed by atoms with Crippen LogP contribution in [0.4, 0.5) is 4.79 Å². The van der Waals surface area contributed by atoms with Gasteiger partial charge >= 0.3 is 6.03 Å². The molecule has 2 aromatic carbocycles. The van der Waals surface area contributed by atoms with E-state index in [0.717, 1.165) is 43.3 Å². The summed E-state index contributed by atoms with van der Waals surface area (Å²) in [5.74, 6) is 0. The number of carbonyl (C=O) groups is 1. The number of nitrogens with zero attached hydrogens (tertiary/aromatic N) is 3. The van der Waals surface area contributed by atoms with Crippen molar-refractivity contribution in [1.29, 1.82) is 0 Å². The lowest BCUT2D eigenvalue weighted by Gasteiger charge is -2.36. The number of halogens is 1. The van der Waals surface area contributed by atoms with Crippen molar-refractivity contribution in [2.75, 3.05) is 26.2 Å². The molecule has 2 amide bonds. The van der Waals surface area contributed by atoms with E-state index in [0.29, 0.717) is 6.54 Å². The Kier molecular flexibility index (Phi) is 4.64. The Hall–Kier alpha value is -2.04. The summed E-state index contributed by atoms with van der Waals surface area (Å²) in [4.78, 5) is 19.1. The third-order valence-electron chi connectivity index (χ3n) is 5.08. The number of carbonyl (C=O) groups excluding carboxylic acids is 1. The molecule has 1 unspecified atom stereocenters. The van der Waals surface area contributed by atoms with Crippen LogP contribution in [0.3, 0.4) is 0 Å². The highest BCUT2D eigenvalue weighted by Crippen LogP contribution is 2.24. The molecule has 2 heterocycles. The second kappa shape index (κ2) is 7.06. The van der Waals surface area contributed by atoms with Crippen LogP contribution < -0.4 is 0 Å². The summed E-state index contributed by atoms with van der Waals surface area (Å²) in [5.41, 5.74) is 2.34. The summed E-state index contributed by atoms with van der Waals surface area (Å²) >= 11 is 6.29. The second-order valence-corrected chi connectivity index (χ2v) is 7.23. The summed E-state index contributed by atoms with van der Waals surface area (Å²) in [7, 11) is 0. The van der Waals surface area contributed by atoms with Gasteiger partial charge in [0.05, 0.1) is 6.04 Å². The molecule has 4 nitrogen and oxygen atoms in total. The van der Waals surface area contributed by atoms with Gasteiger partial charge < -0.3 is 9.80 Å². The van der Waals surface area contributed by atoms with Crippen LogP contribution in [0.25, 0.3) is 0 Å². The Balaban J connectivity index is 1.40. The molecule has 130 valence electrons. The molecular formula is C20H22ClN3O. The topological polar surface area (TPSA) is 26.8 Å². The summed E-state index contributed by atoms with van der Waals surface area (Å²) in [6.45, 7) is 4.93. The summed E-state index contributed by atoms with van der Waals surface area (Å²) < 4.78 is 0. The van der Waals surface area contributed by atoms with E-state index >= 15 is 0 Å². The fraction of sp³-hybridized carbons (Fsp3) is 0.350. The fourth-order valence-corrected chi connectivity index (χ4v) is 3.98. The van der Waals surface area contributed by atoms with Gasteiger partial charge in [0.2, 0.25) is 0 Å². The molecule has 0 bridgehead atoms. The molecule has 1 atom stereocenters. The highest BCUT2D eigenvalue weighted by molar-refractivity contribution is 6.31. The van der Waals surface area contributed by atoms with E-state index < -0.39 is 0 Å². The Bertz CT molecular complexity index is 752. The quantitative estimate of drug-likeness (QED) is 0.839. The molecule has 2 aliphatic rings. The number of hydrogen-bond acceptors (Lipinski definition) is 2. The van der Waals surface area contributed by atoms with Crippen molar-refractivity contribution in [3.63, 3.8) is 0 Å². The third kappa shape index (κ3) is 3.51. The van der Waals surface area contributed by atoms with Crippen molar-refractivity contribution in [2.24, 2.45) is 0 Å². The molecule has 2 aliphatic heterocycles. The lowest BCUT2D eigenvalue weighted by Crippen LogP contribution is -2.51. The fourth-order valence-electron chi connectivity index (χ4n) is 3.79. The minimum atomic E-state index is 0.172. The monoisotopic (exact) mass is 355 g/mol. The highest BCUT2D eigenvalue weighted by atomic mass is 35.5. The van der Waals surface area contributed by atoms with E-state index in [1.807, 2.05) is 46.2 Å². The average Bonchev–Trinajstić information content (AvgIpc) is 2.93. The first kappa shape index (κ1) is 16.4. The molecule has 0 aromatic heterocycles. The lowest BCUT2D eigenvalue weighted by molar-refractivity contribution is 0.116. The van der Waals surface area contributed by atoms with Gasteiger partial charge in [0.15, 0.2) is 0 Å². The number of fused-ring (bicyclic) bond motifs is 1. The molecule has 0 radical (unpaired) electrons. The van der Waals surface area contributed by atoms with E-state index in [1.165, 1.54) is 5.56 Å². The molecule has 2 fully saturated rings. The van der Waals surface area contributed by atoms with Crippen molar-refractivity contribution in [2.45, 2.75) is 19.1 Å². The highest BCUT2D eigenvalue weighted by Gasteiger charge is 2.40. The summed E-state index contributed by atoms with van der Waals surface area (Å²) in [5, 5.41) is 0.818. The van der Waals surface area contributed by atoms with E-state index in [1.54, 1.807) is 0 Å². The van der Waals surface area contributed by atoms with Crippen LogP contribution in [0.15, 0.2) is 54.6 Å². The van der Waals surface area contributed by atoms with Gasteiger partial charge in [-0.05, 0) is 17.2 Å². The number of hydrogen-bond donors (Lipinski definition) is 0. The second-order valence-electron chi connectivity index (χ2n) is 6.82. The zero-order valence-electron chi connectivity index (χ0n) is 14.1. The van der Waals surface area contributed by atoms with Crippen molar-refractivity contribution >= 4 is 17.6 Å². The molecule has 0 spiro atoms. The molecule has 5 heteroatoms. The van der Waals surface area contributed by atoms with Crippen molar-refractivity contribution in [3.05, 3.63) is 70.7 Å². The van der Waals surface area contributed by atoms with Gasteiger partial charge in [-0.1, -0.05) is 60.1 Å². The minimum Gasteiger partial charge on any atom is -0.318 e. The number of urea groups is 1. The summed E-state index contributed by atoms with van der Waals surface area (Å²) in [6.07, 6.45) is 0. The van der Waals surface area contributed by atoms with Crippen LogP contribution in [0, 0.1) is 0 Å². The van der Waals surface area contributed by atoms with Crippen LogP contribution in [0.1, 0.15) is 11.1 Å². The van der Waals surface area contributed by atoms with Gasteiger partial charge in [-0.25, -0.2) is 4.79 Å². The maximum Gasteiger partial charge on any atom is 0.320 e. The smallest absolute Gasteiger partial charge is 0.318 e. The zero-order chi connectivity index (χ0) is 17.2. The molecule has 2 aromatic rings. The number of amides is 2. The molecule has 4 rings (SSSR count). The maximum atomic E-state index is 12.7. The molecule has 0 N–H and O–H groups in total. The molecule has 25 heavy (non-hydrogen) atoms. The Morgan fingerprint density at radius 3 is 2.48 bits per heavy atom. The van der Waals surface area contributed by atoms with Gasteiger partial charge in [-0.2, -0.15) is 0 Å². The number of benzene rings is 2. The molecular weight excluding hydrogens is 334 g/mol. The normalized spacial score (nSPS) is 20.8. The summed E-state index contributed by atoms with van der Waals surface area (Å²) in [6, 6.07) is 18.7. The van der Waals surface area contributed by atoms with Crippen molar-refractivity contribution in [3.8, 4) is 0 Å². The predicted molar refractivity (Wildman–Crippen MR) is 99.5 cm³/mol. The Labute approximate surface area is 153 Å². The van der Waals surface area contributed by atoms with Crippen LogP contribution >= 0.6 is 11.6 Å². The van der Waals surface area contributed by atoms with Crippen LogP contribution in [-0.2, 0) is 13.1 Å². The molecule has 0 aliphatic carbocycles. The van der Waals surface area contributed by atoms with E-state index in [4.69, 9.17) is 11.6 Å². The average molecular weight is 356 g/mol. The van der Waals surface area contributed by atoms with E-state index in [2.05, 4.69) is 23.1 Å². The van der Waals surface area contributed by atoms with Crippen LogP contribution in [0.5, 0.6) is 0 Å². The SMILES string of the molecule is O=C1N(Cc2ccccc2)CC2CN(Cc3ccccc3Cl)CCN12. The molecule has 2 saturated heterocycles. The Morgan fingerprint density at radius 1 is 0.920 bits per heavy atom. The lowest BCUT2D eigenvalue weighted by atomic mass is 10.1. The van der Waals surface area contributed by atoms with Gasteiger partial charge in [-0.3, -0.25) is 4.90 Å². The van der Waals surface area contributed by atoms with Crippen molar-refractivity contribution in [1.82, 2.24) is 14.7 Å². The zero-order valence-corrected chi connectivity index (χ0v) is 14.9. The van der Waals surface area contributed by atoms with Gasteiger partial charge in [-0.15, -0.1) is 0 Å². The van der Waals surface area contributed by atoms with Gasteiger partial charge in [0, 0.05) is 44.3 Å². The van der Waals surface area contributed by atoms with Crippen LogP contribution in [0.2, 0.25) is 5.02 Å². The maximum absolute atomic E-state index is 12.7. The van der Waals surface area contributed by atoms with Crippen LogP contribution in [-0.4, -0.2) is 53.0 Å². The largest absolute Gasteiger partial charge is 0.320 e. The minimum absolute atomic E-state index is 0.172. The molecule has 0 saturated carbocycles. The third-order valence-corrected chi connectivity index (χ3v) is 5.45. The first-order valence-electron chi connectivity index (χ1n) is 8.76. The first-order chi connectivity index (χ1) is 12.2. The van der Waals surface area contributed by atoms with E-state index in [9.17, 15) is 4.79 Å². The van der Waals surface area contributed by atoms with Gasteiger partial charge in [0.25, 0.3) is 0 Å². The number of rotatable bonds is 4.